The van der Waals surface area contributed by atoms with Gasteiger partial charge in [-0.15, -0.1) is 0 Å². The summed E-state index contributed by atoms with van der Waals surface area (Å²) in [7, 11) is 0. The van der Waals surface area contributed by atoms with E-state index in [-0.39, 0.29) is 11.6 Å². The van der Waals surface area contributed by atoms with Crippen LogP contribution in [0.25, 0.3) is 16.5 Å². The summed E-state index contributed by atoms with van der Waals surface area (Å²) in [5.74, 6) is -1.10. The lowest BCUT2D eigenvalue weighted by molar-refractivity contribution is 0.0502. The number of nitrogens with one attached hydrogen (secondary N) is 2. The highest BCUT2D eigenvalue weighted by molar-refractivity contribution is 6.09. The Bertz CT molecular complexity index is 1060. The summed E-state index contributed by atoms with van der Waals surface area (Å²) >= 11 is 0. The van der Waals surface area contributed by atoms with Crippen LogP contribution in [0.3, 0.4) is 0 Å². The molecule has 0 radical (unpaired) electrons. The van der Waals surface area contributed by atoms with Crippen molar-refractivity contribution in [2.24, 2.45) is 5.73 Å². The summed E-state index contributed by atoms with van der Waals surface area (Å²) in [5, 5.41) is 3.68. The molecule has 0 saturated carbocycles. The molecule has 4 N–H and O–H groups in total. The Morgan fingerprint density at radius 2 is 2.07 bits per heavy atom. The number of fused-ring (bicyclic) bond motifs is 3. The number of aromatic nitrogens is 1. The van der Waals surface area contributed by atoms with Crippen LogP contribution in [0.5, 0.6) is 0 Å². The van der Waals surface area contributed by atoms with Crippen LogP contribution in [0, 0.1) is 5.82 Å². The van der Waals surface area contributed by atoms with E-state index in [1.165, 1.54) is 6.07 Å². The van der Waals surface area contributed by atoms with E-state index >= 15 is 4.39 Å². The van der Waals surface area contributed by atoms with Gasteiger partial charge in [0.2, 0.25) is 0 Å². The first kappa shape index (κ1) is 20.4. The molecule has 7 heteroatoms. The fraction of sp³-hybridized carbons (Fsp3) is 0.478. The highest BCUT2D eigenvalue weighted by atomic mass is 19.1. The Morgan fingerprint density at radius 1 is 1.30 bits per heavy atom. The summed E-state index contributed by atoms with van der Waals surface area (Å²) in [6, 6.07) is 1.09. The zero-order chi connectivity index (χ0) is 21.6. The van der Waals surface area contributed by atoms with Gasteiger partial charge in [-0.25, -0.2) is 9.18 Å². The molecule has 0 fully saturated rings. The van der Waals surface area contributed by atoms with E-state index in [0.29, 0.717) is 17.5 Å². The second-order valence-electron chi connectivity index (χ2n) is 9.18. The third-order valence-corrected chi connectivity index (χ3v) is 5.75. The van der Waals surface area contributed by atoms with Crippen LogP contribution in [-0.4, -0.2) is 28.6 Å². The van der Waals surface area contributed by atoms with Gasteiger partial charge in [-0.05, 0) is 76.5 Å². The number of benzene rings is 1. The first-order valence-electron chi connectivity index (χ1n) is 10.5. The van der Waals surface area contributed by atoms with Crippen molar-refractivity contribution >= 4 is 28.5 Å². The maximum atomic E-state index is 15.3. The zero-order valence-corrected chi connectivity index (χ0v) is 17.7. The second kappa shape index (κ2) is 7.45. The molecule has 2 aliphatic rings. The van der Waals surface area contributed by atoms with Gasteiger partial charge in [-0.2, -0.15) is 0 Å². The number of amides is 2. The second-order valence-corrected chi connectivity index (χ2v) is 9.18. The maximum Gasteiger partial charge on any atom is 0.407 e. The number of ether oxygens (including phenoxy) is 1. The van der Waals surface area contributed by atoms with E-state index in [1.807, 2.05) is 26.8 Å². The SMILES string of the molecule is CC(C)(C)OC(=O)N[C@H]1CCC=C(c2c(F)cc(C(N)=O)c3[nH]c4c(c23)CCC4)C1. The number of nitrogens with two attached hydrogens (primary N) is 1. The van der Waals surface area contributed by atoms with Gasteiger partial charge in [0.05, 0.1) is 11.1 Å². The summed E-state index contributed by atoms with van der Waals surface area (Å²) in [6.07, 6.45) is 6.28. The van der Waals surface area contributed by atoms with Gasteiger partial charge in [0.25, 0.3) is 5.91 Å². The number of aryl methyl sites for hydroxylation is 2. The lowest BCUT2D eigenvalue weighted by Crippen LogP contribution is -2.40. The third-order valence-electron chi connectivity index (χ3n) is 5.75. The predicted octanol–water partition coefficient (Wildman–Crippen LogP) is 4.36. The number of aromatic amines is 1. The largest absolute Gasteiger partial charge is 0.444 e. The number of halogens is 1. The number of hydrogen-bond acceptors (Lipinski definition) is 3. The third kappa shape index (κ3) is 3.80. The molecule has 1 aromatic heterocycles. The van der Waals surface area contributed by atoms with Gasteiger partial charge in [-0.3, -0.25) is 4.79 Å². The van der Waals surface area contributed by atoms with Crippen LogP contribution in [0.4, 0.5) is 9.18 Å². The minimum absolute atomic E-state index is 0.142. The average Bonchev–Trinajstić information content (AvgIpc) is 3.21. The van der Waals surface area contributed by atoms with E-state index in [1.54, 1.807) is 0 Å². The lowest BCUT2D eigenvalue weighted by atomic mass is 9.86. The van der Waals surface area contributed by atoms with Crippen molar-refractivity contribution in [3.63, 3.8) is 0 Å². The normalized spacial score (nSPS) is 18.8. The van der Waals surface area contributed by atoms with E-state index in [0.717, 1.165) is 54.3 Å². The van der Waals surface area contributed by atoms with Crippen molar-refractivity contribution < 1.29 is 18.7 Å². The first-order chi connectivity index (χ1) is 14.1. The highest BCUT2D eigenvalue weighted by Crippen LogP contribution is 2.40. The van der Waals surface area contributed by atoms with E-state index in [4.69, 9.17) is 10.5 Å². The van der Waals surface area contributed by atoms with Crippen molar-refractivity contribution in [3.8, 4) is 0 Å². The number of rotatable bonds is 3. The van der Waals surface area contributed by atoms with Crippen LogP contribution in [0.1, 0.15) is 73.6 Å². The number of H-pyrrole nitrogens is 1. The number of allylic oxidation sites excluding steroid dienone is 1. The monoisotopic (exact) mass is 413 g/mol. The Labute approximate surface area is 175 Å². The Kier molecular flexibility index (Phi) is 5.08. The molecule has 1 atom stereocenters. The zero-order valence-electron chi connectivity index (χ0n) is 17.7. The van der Waals surface area contributed by atoms with E-state index in [9.17, 15) is 9.59 Å². The Balaban J connectivity index is 1.70. The molecule has 0 spiro atoms. The van der Waals surface area contributed by atoms with Crippen LogP contribution in [-0.2, 0) is 17.6 Å². The number of carbonyl (C=O) groups excluding carboxylic acids is 2. The van der Waals surface area contributed by atoms with Gasteiger partial charge in [-0.1, -0.05) is 6.08 Å². The molecule has 30 heavy (non-hydrogen) atoms. The molecule has 0 saturated heterocycles. The molecule has 160 valence electrons. The fourth-order valence-electron chi connectivity index (χ4n) is 4.61. The predicted molar refractivity (Wildman–Crippen MR) is 114 cm³/mol. The molecule has 2 aliphatic carbocycles. The standard InChI is InChI=1S/C23H28FN3O3/c1-23(2,3)30-22(29)26-13-7-4-6-12(10-13)18-16(24)11-15(21(25)28)20-19(18)14-8-5-9-17(14)27-20/h6,11,13,27H,4-5,7-10H2,1-3H3,(H2,25,28)(H,26,29)/t13-/m0/s1. The molecule has 4 rings (SSSR count). The van der Waals surface area contributed by atoms with Crippen molar-refractivity contribution in [3.05, 3.63) is 40.3 Å². The first-order valence-corrected chi connectivity index (χ1v) is 10.5. The number of alkyl carbamates (subject to hydrolysis) is 1. The van der Waals surface area contributed by atoms with Crippen LogP contribution in [0.2, 0.25) is 0 Å². The molecule has 2 aromatic rings. The molecule has 6 nitrogen and oxygen atoms in total. The van der Waals surface area contributed by atoms with Crippen molar-refractivity contribution in [2.75, 3.05) is 0 Å². The van der Waals surface area contributed by atoms with Gasteiger partial charge in [0, 0.05) is 22.7 Å². The molecule has 0 bridgehead atoms. The average molecular weight is 413 g/mol. The van der Waals surface area contributed by atoms with Crippen LogP contribution in [0.15, 0.2) is 12.1 Å². The van der Waals surface area contributed by atoms with Crippen molar-refractivity contribution in [1.82, 2.24) is 10.3 Å². The quantitative estimate of drug-likeness (QED) is 0.698. The molecule has 1 aromatic carbocycles. The summed E-state index contributed by atoms with van der Waals surface area (Å²) in [4.78, 5) is 27.4. The Morgan fingerprint density at radius 3 is 2.77 bits per heavy atom. The number of hydrogen-bond donors (Lipinski definition) is 3. The summed E-state index contributed by atoms with van der Waals surface area (Å²) in [5.41, 5.74) is 9.23. The number of carbonyl (C=O) groups is 2. The Hall–Kier alpha value is -2.83. The summed E-state index contributed by atoms with van der Waals surface area (Å²) in [6.45, 7) is 5.45. The minimum atomic E-state index is -0.646. The van der Waals surface area contributed by atoms with Crippen molar-refractivity contribution in [1.29, 1.82) is 0 Å². The lowest BCUT2D eigenvalue weighted by Gasteiger charge is -2.27. The topological polar surface area (TPSA) is 97.2 Å². The fourth-order valence-corrected chi connectivity index (χ4v) is 4.61. The van der Waals surface area contributed by atoms with Gasteiger partial charge >= 0.3 is 6.09 Å². The van der Waals surface area contributed by atoms with Gasteiger partial charge in [0.15, 0.2) is 0 Å². The molecular weight excluding hydrogens is 385 g/mol. The van der Waals surface area contributed by atoms with Crippen LogP contribution < -0.4 is 11.1 Å². The smallest absolute Gasteiger partial charge is 0.407 e. The van der Waals surface area contributed by atoms with Crippen molar-refractivity contribution in [2.45, 2.75) is 70.9 Å². The van der Waals surface area contributed by atoms with Gasteiger partial charge < -0.3 is 20.8 Å². The number of primary amides is 1. The molecule has 0 unspecified atom stereocenters. The molecular formula is C23H28FN3O3. The van der Waals surface area contributed by atoms with E-state index < -0.39 is 23.4 Å². The van der Waals surface area contributed by atoms with Gasteiger partial charge in [0.1, 0.15) is 11.4 Å². The minimum Gasteiger partial charge on any atom is -0.444 e. The molecule has 2 amide bonds. The highest BCUT2D eigenvalue weighted by Gasteiger charge is 2.29. The molecule has 0 aliphatic heterocycles. The molecule has 1 heterocycles. The van der Waals surface area contributed by atoms with E-state index in [2.05, 4.69) is 10.3 Å². The maximum absolute atomic E-state index is 15.3. The van der Waals surface area contributed by atoms with Crippen LogP contribution >= 0.6 is 0 Å². The summed E-state index contributed by atoms with van der Waals surface area (Å²) < 4.78 is 20.7.